The van der Waals surface area contributed by atoms with Gasteiger partial charge in [0.25, 0.3) is 0 Å². The monoisotopic (exact) mass is 222 g/mol. The average Bonchev–Trinajstić information content (AvgIpc) is 2.62. The van der Waals surface area contributed by atoms with Crippen molar-refractivity contribution in [3.05, 3.63) is 11.6 Å². The fourth-order valence-electron chi connectivity index (χ4n) is 2.31. The van der Waals surface area contributed by atoms with E-state index in [2.05, 4.69) is 47.8 Å². The Kier molecular flexibility index (Phi) is 3.02. The molecular formula is C12H22N4. The van der Waals surface area contributed by atoms with Gasteiger partial charge in [0.2, 0.25) is 0 Å². The summed E-state index contributed by atoms with van der Waals surface area (Å²) in [5.74, 6) is 2.24. The van der Waals surface area contributed by atoms with E-state index in [1.54, 1.807) is 0 Å². The molecule has 4 heteroatoms. The lowest BCUT2D eigenvalue weighted by Gasteiger charge is -2.27. The number of hydrogen-bond acceptors (Lipinski definition) is 3. The molecule has 1 N–H and O–H groups in total. The molecule has 0 aliphatic carbocycles. The van der Waals surface area contributed by atoms with Crippen LogP contribution in [0, 0.1) is 0 Å². The van der Waals surface area contributed by atoms with E-state index in [4.69, 9.17) is 0 Å². The molecule has 1 aliphatic rings. The number of nitrogens with one attached hydrogen (secondary N) is 1. The maximum absolute atomic E-state index is 4.37. The molecule has 90 valence electrons. The molecule has 0 aromatic carbocycles. The van der Waals surface area contributed by atoms with E-state index < -0.39 is 0 Å². The lowest BCUT2D eigenvalue weighted by atomic mass is 9.95. The van der Waals surface area contributed by atoms with Gasteiger partial charge in [0, 0.05) is 18.5 Å². The third kappa shape index (κ3) is 1.98. The first-order valence-corrected chi connectivity index (χ1v) is 6.21. The second-order valence-corrected chi connectivity index (χ2v) is 5.58. The van der Waals surface area contributed by atoms with Gasteiger partial charge in [-0.05, 0) is 6.42 Å². The first-order chi connectivity index (χ1) is 7.54. The molecule has 1 aromatic heterocycles. The molecular weight excluding hydrogens is 200 g/mol. The summed E-state index contributed by atoms with van der Waals surface area (Å²) in [6.45, 7) is 10.8. The van der Waals surface area contributed by atoms with Crippen LogP contribution in [-0.2, 0) is 12.0 Å². The van der Waals surface area contributed by atoms with Crippen molar-refractivity contribution in [2.75, 3.05) is 6.54 Å². The predicted molar refractivity (Wildman–Crippen MR) is 64.4 cm³/mol. The smallest absolute Gasteiger partial charge is 0.150 e. The molecule has 0 bridgehead atoms. The van der Waals surface area contributed by atoms with E-state index in [9.17, 15) is 0 Å². The van der Waals surface area contributed by atoms with Crippen molar-refractivity contribution in [2.45, 2.75) is 58.5 Å². The third-order valence-corrected chi connectivity index (χ3v) is 3.07. The Morgan fingerprint density at radius 2 is 2.12 bits per heavy atom. The minimum absolute atomic E-state index is 0.0827. The fraction of sp³-hybridized carbons (Fsp3) is 0.833. The van der Waals surface area contributed by atoms with Crippen LogP contribution in [0.3, 0.4) is 0 Å². The quantitative estimate of drug-likeness (QED) is 0.832. The number of rotatable bonds is 2. The maximum atomic E-state index is 4.37. The normalized spacial score (nSPS) is 20.9. The van der Waals surface area contributed by atoms with Gasteiger partial charge in [-0.3, -0.25) is 0 Å². The van der Waals surface area contributed by atoms with Gasteiger partial charge in [-0.15, -0.1) is 10.2 Å². The van der Waals surface area contributed by atoms with Crippen LogP contribution in [0.25, 0.3) is 0 Å². The molecule has 1 unspecified atom stereocenters. The Morgan fingerprint density at radius 1 is 1.38 bits per heavy atom. The minimum Gasteiger partial charge on any atom is -0.312 e. The highest BCUT2D eigenvalue weighted by Crippen LogP contribution is 2.26. The standard InChI is InChI=1S/C12H22N4/c1-5-6-9-10-14-15-11(12(2,3)4)16(10)8-7-13-9/h9,13H,5-8H2,1-4H3. The second kappa shape index (κ2) is 4.17. The summed E-state index contributed by atoms with van der Waals surface area (Å²) in [5, 5.41) is 12.3. The largest absolute Gasteiger partial charge is 0.312 e. The molecule has 1 atom stereocenters. The highest BCUT2D eigenvalue weighted by atomic mass is 15.3. The Morgan fingerprint density at radius 3 is 2.75 bits per heavy atom. The number of nitrogens with zero attached hydrogens (tertiary/aromatic N) is 3. The fourth-order valence-corrected chi connectivity index (χ4v) is 2.31. The van der Waals surface area contributed by atoms with Crippen molar-refractivity contribution in [1.82, 2.24) is 20.1 Å². The van der Waals surface area contributed by atoms with Crippen molar-refractivity contribution < 1.29 is 0 Å². The Labute approximate surface area is 97.5 Å². The molecule has 1 aliphatic heterocycles. The van der Waals surface area contributed by atoms with Gasteiger partial charge in [0.15, 0.2) is 0 Å². The van der Waals surface area contributed by atoms with E-state index in [0.717, 1.165) is 31.2 Å². The highest BCUT2D eigenvalue weighted by Gasteiger charge is 2.29. The summed E-state index contributed by atoms with van der Waals surface area (Å²) >= 11 is 0. The van der Waals surface area contributed by atoms with Crippen LogP contribution in [-0.4, -0.2) is 21.3 Å². The van der Waals surface area contributed by atoms with Crippen LogP contribution in [0.15, 0.2) is 0 Å². The molecule has 2 heterocycles. The zero-order chi connectivity index (χ0) is 11.8. The second-order valence-electron chi connectivity index (χ2n) is 5.58. The van der Waals surface area contributed by atoms with E-state index in [1.165, 1.54) is 6.42 Å². The van der Waals surface area contributed by atoms with E-state index in [0.29, 0.717) is 6.04 Å². The predicted octanol–water partition coefficient (Wildman–Crippen LogP) is 2.02. The summed E-state index contributed by atoms with van der Waals surface area (Å²) in [6.07, 6.45) is 2.32. The molecule has 4 nitrogen and oxygen atoms in total. The first kappa shape index (κ1) is 11.6. The van der Waals surface area contributed by atoms with Crippen molar-refractivity contribution in [3.63, 3.8) is 0 Å². The molecule has 2 rings (SSSR count). The van der Waals surface area contributed by atoms with Crippen molar-refractivity contribution in [2.24, 2.45) is 0 Å². The van der Waals surface area contributed by atoms with Crippen LogP contribution >= 0.6 is 0 Å². The van der Waals surface area contributed by atoms with Crippen LogP contribution < -0.4 is 5.32 Å². The van der Waals surface area contributed by atoms with E-state index in [1.807, 2.05) is 0 Å². The van der Waals surface area contributed by atoms with Gasteiger partial charge in [0.05, 0.1) is 6.04 Å². The van der Waals surface area contributed by atoms with Gasteiger partial charge in [0.1, 0.15) is 11.6 Å². The van der Waals surface area contributed by atoms with E-state index in [-0.39, 0.29) is 5.41 Å². The average molecular weight is 222 g/mol. The summed E-state index contributed by atoms with van der Waals surface area (Å²) in [6, 6.07) is 0.391. The first-order valence-electron chi connectivity index (χ1n) is 6.21. The van der Waals surface area contributed by atoms with Gasteiger partial charge in [-0.1, -0.05) is 34.1 Å². The van der Waals surface area contributed by atoms with Crippen molar-refractivity contribution >= 4 is 0 Å². The summed E-state index contributed by atoms with van der Waals surface area (Å²) in [4.78, 5) is 0. The van der Waals surface area contributed by atoms with Crippen LogP contribution in [0.5, 0.6) is 0 Å². The zero-order valence-electron chi connectivity index (χ0n) is 10.7. The van der Waals surface area contributed by atoms with E-state index >= 15 is 0 Å². The van der Waals surface area contributed by atoms with Crippen molar-refractivity contribution in [1.29, 1.82) is 0 Å². The number of fused-ring (bicyclic) bond motifs is 1. The highest BCUT2D eigenvalue weighted by molar-refractivity contribution is 5.10. The summed E-state index contributed by atoms with van der Waals surface area (Å²) < 4.78 is 2.30. The number of aromatic nitrogens is 3. The minimum atomic E-state index is 0.0827. The Bertz CT molecular complexity index is 362. The molecule has 0 radical (unpaired) electrons. The summed E-state index contributed by atoms with van der Waals surface area (Å²) in [5.41, 5.74) is 0.0827. The van der Waals surface area contributed by atoms with Crippen LogP contribution in [0.4, 0.5) is 0 Å². The number of hydrogen-bond donors (Lipinski definition) is 1. The van der Waals surface area contributed by atoms with Gasteiger partial charge >= 0.3 is 0 Å². The Hall–Kier alpha value is -0.900. The van der Waals surface area contributed by atoms with Gasteiger partial charge < -0.3 is 9.88 Å². The molecule has 0 fully saturated rings. The Balaban J connectivity index is 2.35. The van der Waals surface area contributed by atoms with Crippen LogP contribution in [0.1, 0.15) is 58.2 Å². The SMILES string of the molecule is CCCC1NCCn2c1nnc2C(C)(C)C. The molecule has 0 amide bonds. The van der Waals surface area contributed by atoms with Crippen LogP contribution in [0.2, 0.25) is 0 Å². The lowest BCUT2D eigenvalue weighted by Crippen LogP contribution is -2.35. The molecule has 16 heavy (non-hydrogen) atoms. The molecule has 1 aromatic rings. The lowest BCUT2D eigenvalue weighted by molar-refractivity contribution is 0.375. The van der Waals surface area contributed by atoms with Gasteiger partial charge in [-0.2, -0.15) is 0 Å². The van der Waals surface area contributed by atoms with Gasteiger partial charge in [-0.25, -0.2) is 0 Å². The topological polar surface area (TPSA) is 42.7 Å². The molecule has 0 saturated carbocycles. The third-order valence-electron chi connectivity index (χ3n) is 3.07. The zero-order valence-corrected chi connectivity index (χ0v) is 10.7. The molecule has 0 saturated heterocycles. The van der Waals surface area contributed by atoms with Crippen molar-refractivity contribution in [3.8, 4) is 0 Å². The summed E-state index contributed by atoms with van der Waals surface area (Å²) in [7, 11) is 0. The molecule has 0 spiro atoms. The maximum Gasteiger partial charge on any atom is 0.150 e.